The number of nitrogens with zero attached hydrogens (tertiary/aromatic N) is 4. The molecule has 2 rings (SSSR count). The molecular formula is C7H11N7. The van der Waals surface area contributed by atoms with Crippen LogP contribution >= 0.6 is 0 Å². The highest BCUT2D eigenvalue weighted by molar-refractivity contribution is 5.83. The highest BCUT2D eigenvalue weighted by Crippen LogP contribution is 2.19. The van der Waals surface area contributed by atoms with Gasteiger partial charge in [0, 0.05) is 14.1 Å². The summed E-state index contributed by atoms with van der Waals surface area (Å²) in [6.45, 7) is 0. The van der Waals surface area contributed by atoms with Crippen LogP contribution in [0.2, 0.25) is 0 Å². The monoisotopic (exact) mass is 193 g/mol. The van der Waals surface area contributed by atoms with Crippen LogP contribution in [0.3, 0.4) is 0 Å². The molecule has 4 N–H and O–H groups in total. The van der Waals surface area contributed by atoms with Gasteiger partial charge in [0.05, 0.1) is 6.33 Å². The maximum atomic E-state index is 5.25. The predicted molar refractivity (Wildman–Crippen MR) is 53.8 cm³/mol. The van der Waals surface area contributed by atoms with Crippen LogP contribution in [0, 0.1) is 0 Å². The van der Waals surface area contributed by atoms with Gasteiger partial charge in [-0.25, -0.2) is 10.8 Å². The van der Waals surface area contributed by atoms with Gasteiger partial charge in [-0.05, 0) is 0 Å². The minimum atomic E-state index is 0.355. The summed E-state index contributed by atoms with van der Waals surface area (Å²) in [5.41, 5.74) is 3.80. The van der Waals surface area contributed by atoms with Crippen molar-refractivity contribution in [3.8, 4) is 0 Å². The minimum Gasteiger partial charge on any atom is -0.361 e. The summed E-state index contributed by atoms with van der Waals surface area (Å²) in [5.74, 6) is 6.35. The zero-order valence-electron chi connectivity index (χ0n) is 7.94. The first-order valence-electron chi connectivity index (χ1n) is 4.07. The van der Waals surface area contributed by atoms with E-state index in [1.165, 1.54) is 0 Å². The summed E-state index contributed by atoms with van der Waals surface area (Å²) in [7, 11) is 3.78. The fourth-order valence-corrected chi connectivity index (χ4v) is 1.21. The Morgan fingerprint density at radius 3 is 2.86 bits per heavy atom. The number of aromatic nitrogens is 4. The molecule has 0 aliphatic heterocycles. The predicted octanol–water partition coefficient (Wildman–Crippen LogP) is -0.296. The first-order chi connectivity index (χ1) is 6.72. The smallest absolute Gasteiger partial charge is 0.241 e. The molecule has 0 saturated heterocycles. The Balaban J connectivity index is 2.70. The summed E-state index contributed by atoms with van der Waals surface area (Å²) >= 11 is 0. The zero-order valence-corrected chi connectivity index (χ0v) is 7.94. The third-order valence-electron chi connectivity index (χ3n) is 1.82. The maximum Gasteiger partial charge on any atom is 0.241 e. The van der Waals surface area contributed by atoms with Gasteiger partial charge in [0.2, 0.25) is 5.95 Å². The summed E-state index contributed by atoms with van der Waals surface area (Å²) in [5, 5.41) is 0. The van der Waals surface area contributed by atoms with E-state index in [2.05, 4.69) is 25.4 Å². The Morgan fingerprint density at radius 2 is 2.21 bits per heavy atom. The normalized spacial score (nSPS) is 10.5. The van der Waals surface area contributed by atoms with Crippen molar-refractivity contribution in [1.29, 1.82) is 0 Å². The molecule has 0 unspecified atom stereocenters. The van der Waals surface area contributed by atoms with Gasteiger partial charge >= 0.3 is 0 Å². The molecule has 0 spiro atoms. The molecule has 14 heavy (non-hydrogen) atoms. The van der Waals surface area contributed by atoms with Crippen LogP contribution in [0.5, 0.6) is 0 Å². The molecule has 0 radical (unpaired) electrons. The van der Waals surface area contributed by atoms with Gasteiger partial charge in [-0.2, -0.15) is 9.97 Å². The SMILES string of the molecule is CN(C)c1nc(NN)nc2nc[nH]c12. The number of hydrogen-bond acceptors (Lipinski definition) is 6. The number of aromatic amines is 1. The lowest BCUT2D eigenvalue weighted by atomic mass is 10.4. The summed E-state index contributed by atoms with van der Waals surface area (Å²) < 4.78 is 0. The number of hydrogen-bond donors (Lipinski definition) is 3. The number of hydrazine groups is 1. The number of anilines is 2. The Kier molecular flexibility index (Phi) is 1.93. The van der Waals surface area contributed by atoms with Crippen molar-refractivity contribution in [2.45, 2.75) is 0 Å². The molecule has 0 aliphatic rings. The van der Waals surface area contributed by atoms with Gasteiger partial charge in [-0.3, -0.25) is 5.43 Å². The highest BCUT2D eigenvalue weighted by Gasteiger charge is 2.10. The summed E-state index contributed by atoms with van der Waals surface area (Å²) in [4.78, 5) is 17.2. The van der Waals surface area contributed by atoms with Crippen molar-refractivity contribution in [2.24, 2.45) is 5.84 Å². The van der Waals surface area contributed by atoms with Crippen molar-refractivity contribution in [3.05, 3.63) is 6.33 Å². The average Bonchev–Trinajstić information content (AvgIpc) is 2.63. The lowest BCUT2D eigenvalue weighted by Crippen LogP contribution is -2.16. The molecule has 2 heterocycles. The highest BCUT2D eigenvalue weighted by atomic mass is 15.3. The molecule has 0 aromatic carbocycles. The standard InChI is InChI=1S/C7H11N7/c1-14(2)6-4-5(10-3-9-4)11-7(12-6)13-8/h3H,8H2,1-2H3,(H2,9,10,11,12,13). The van der Waals surface area contributed by atoms with Crippen LogP contribution < -0.4 is 16.2 Å². The number of nitrogens with one attached hydrogen (secondary N) is 2. The molecule has 2 aromatic rings. The molecule has 0 aliphatic carbocycles. The van der Waals surface area contributed by atoms with E-state index in [1.54, 1.807) is 6.33 Å². The fraction of sp³-hybridized carbons (Fsp3) is 0.286. The molecule has 7 heteroatoms. The number of rotatable bonds is 2. The molecule has 2 aromatic heterocycles. The number of fused-ring (bicyclic) bond motifs is 1. The van der Waals surface area contributed by atoms with E-state index in [-0.39, 0.29) is 0 Å². The van der Waals surface area contributed by atoms with E-state index in [1.807, 2.05) is 19.0 Å². The zero-order chi connectivity index (χ0) is 10.1. The molecule has 0 fully saturated rings. The van der Waals surface area contributed by atoms with Crippen LogP contribution in [0.1, 0.15) is 0 Å². The quantitative estimate of drug-likeness (QED) is 0.448. The Hall–Kier alpha value is -1.89. The van der Waals surface area contributed by atoms with Crippen molar-refractivity contribution >= 4 is 22.9 Å². The van der Waals surface area contributed by atoms with Crippen LogP contribution in [0.4, 0.5) is 11.8 Å². The molecule has 0 bridgehead atoms. The van der Waals surface area contributed by atoms with E-state index in [9.17, 15) is 0 Å². The van der Waals surface area contributed by atoms with E-state index in [0.717, 1.165) is 11.3 Å². The molecule has 74 valence electrons. The Morgan fingerprint density at radius 1 is 1.43 bits per heavy atom. The largest absolute Gasteiger partial charge is 0.361 e. The second-order valence-corrected chi connectivity index (χ2v) is 3.01. The minimum absolute atomic E-state index is 0.355. The van der Waals surface area contributed by atoms with E-state index < -0.39 is 0 Å². The van der Waals surface area contributed by atoms with Crippen molar-refractivity contribution in [3.63, 3.8) is 0 Å². The summed E-state index contributed by atoms with van der Waals surface area (Å²) in [6, 6.07) is 0. The number of imidazole rings is 1. The Bertz CT molecular complexity index is 446. The van der Waals surface area contributed by atoms with Gasteiger partial charge in [0.1, 0.15) is 5.52 Å². The number of nitrogen functional groups attached to an aromatic ring is 1. The maximum absolute atomic E-state index is 5.25. The van der Waals surface area contributed by atoms with Crippen molar-refractivity contribution < 1.29 is 0 Å². The van der Waals surface area contributed by atoms with Gasteiger partial charge in [0.15, 0.2) is 11.5 Å². The van der Waals surface area contributed by atoms with Crippen LogP contribution in [0.15, 0.2) is 6.33 Å². The first-order valence-corrected chi connectivity index (χ1v) is 4.07. The molecule has 0 saturated carbocycles. The van der Waals surface area contributed by atoms with Crippen LogP contribution in [-0.2, 0) is 0 Å². The molecule has 0 atom stereocenters. The first kappa shape index (κ1) is 8.70. The Labute approximate surface area is 80.3 Å². The van der Waals surface area contributed by atoms with Crippen LogP contribution in [-0.4, -0.2) is 34.0 Å². The molecule has 7 nitrogen and oxygen atoms in total. The molecular weight excluding hydrogens is 182 g/mol. The van der Waals surface area contributed by atoms with Gasteiger partial charge in [-0.15, -0.1) is 0 Å². The second-order valence-electron chi connectivity index (χ2n) is 3.01. The fourth-order valence-electron chi connectivity index (χ4n) is 1.21. The lowest BCUT2D eigenvalue weighted by molar-refractivity contribution is 1.05. The van der Waals surface area contributed by atoms with E-state index in [4.69, 9.17) is 5.84 Å². The van der Waals surface area contributed by atoms with Gasteiger partial charge < -0.3 is 9.88 Å². The number of H-pyrrole nitrogens is 1. The molecule has 0 amide bonds. The lowest BCUT2D eigenvalue weighted by Gasteiger charge is -2.12. The van der Waals surface area contributed by atoms with Gasteiger partial charge in [-0.1, -0.05) is 0 Å². The van der Waals surface area contributed by atoms with E-state index in [0.29, 0.717) is 11.6 Å². The number of nitrogens with two attached hydrogens (primary N) is 1. The van der Waals surface area contributed by atoms with E-state index >= 15 is 0 Å². The summed E-state index contributed by atoms with van der Waals surface area (Å²) in [6.07, 6.45) is 1.58. The average molecular weight is 193 g/mol. The van der Waals surface area contributed by atoms with Crippen molar-refractivity contribution in [2.75, 3.05) is 24.4 Å². The van der Waals surface area contributed by atoms with Gasteiger partial charge in [0.25, 0.3) is 0 Å². The topological polar surface area (TPSA) is 95.8 Å². The second kappa shape index (κ2) is 3.11. The van der Waals surface area contributed by atoms with Crippen LogP contribution in [0.25, 0.3) is 11.2 Å². The third-order valence-corrected chi connectivity index (χ3v) is 1.82. The third kappa shape index (κ3) is 1.23. The van der Waals surface area contributed by atoms with Crippen molar-refractivity contribution in [1.82, 2.24) is 19.9 Å².